The molecule has 29 heavy (non-hydrogen) atoms. The molecule has 0 amide bonds. The zero-order valence-corrected chi connectivity index (χ0v) is 16.5. The Kier molecular flexibility index (Phi) is 5.01. The molecular weight excluding hydrogens is 361 g/mol. The predicted octanol–water partition coefficient (Wildman–Crippen LogP) is 6.23. The van der Waals surface area contributed by atoms with Gasteiger partial charge in [-0.05, 0) is 60.4 Å². The number of nitrogens with one attached hydrogen (secondary N) is 1. The highest BCUT2D eigenvalue weighted by Gasteiger charge is 2.44. The fourth-order valence-electron chi connectivity index (χ4n) is 5.42. The summed E-state index contributed by atoms with van der Waals surface area (Å²) in [5, 5.41) is 0. The van der Waals surface area contributed by atoms with Crippen LogP contribution in [0.3, 0.4) is 0 Å². The molecular formula is C25H26FN3. The highest BCUT2D eigenvalue weighted by atomic mass is 19.1. The van der Waals surface area contributed by atoms with Gasteiger partial charge in [0.05, 0.1) is 5.69 Å². The van der Waals surface area contributed by atoms with Crippen LogP contribution in [0.4, 0.5) is 4.39 Å². The molecule has 3 aromatic rings. The maximum absolute atomic E-state index is 13.5. The second-order valence-corrected chi connectivity index (χ2v) is 8.44. The van der Waals surface area contributed by atoms with Crippen LogP contribution in [0.1, 0.15) is 49.5 Å². The first-order chi connectivity index (χ1) is 14.3. The average molecular weight is 388 g/mol. The lowest BCUT2D eigenvalue weighted by molar-refractivity contribution is 0.249. The molecule has 0 bridgehead atoms. The first kappa shape index (κ1) is 18.3. The lowest BCUT2D eigenvalue weighted by atomic mass is 9.77. The van der Waals surface area contributed by atoms with Crippen molar-refractivity contribution in [3.05, 3.63) is 78.4 Å². The molecule has 2 aromatic heterocycles. The van der Waals surface area contributed by atoms with Gasteiger partial charge in [-0.15, -0.1) is 0 Å². The normalized spacial score (nSPS) is 26.7. The van der Waals surface area contributed by atoms with Gasteiger partial charge in [-0.1, -0.05) is 43.5 Å². The molecule has 2 aliphatic carbocycles. The second-order valence-electron chi connectivity index (χ2n) is 8.44. The number of pyridine rings is 1. The SMILES string of the molecule is Fc1cccc(-c2ccc(C=C[C@H]3[C@H]4CCCC[C@@H]4C[C@@H]3c3ncc[nH]3)nc2)c1. The molecule has 5 rings (SSSR count). The van der Waals surface area contributed by atoms with Crippen molar-refractivity contribution in [1.82, 2.24) is 15.0 Å². The second kappa shape index (κ2) is 7.94. The molecule has 4 heteroatoms. The molecule has 1 aromatic carbocycles. The van der Waals surface area contributed by atoms with E-state index in [0.717, 1.165) is 34.5 Å². The molecule has 3 nitrogen and oxygen atoms in total. The molecule has 0 unspecified atom stereocenters. The van der Waals surface area contributed by atoms with Gasteiger partial charge in [0.15, 0.2) is 0 Å². The summed E-state index contributed by atoms with van der Waals surface area (Å²) < 4.78 is 13.5. The van der Waals surface area contributed by atoms with E-state index in [2.05, 4.69) is 27.1 Å². The van der Waals surface area contributed by atoms with Crippen LogP contribution in [-0.4, -0.2) is 15.0 Å². The number of benzene rings is 1. The molecule has 0 aliphatic heterocycles. The number of H-pyrrole nitrogens is 1. The van der Waals surface area contributed by atoms with Crippen molar-refractivity contribution in [1.29, 1.82) is 0 Å². The average Bonchev–Trinajstić information content (AvgIpc) is 3.40. The Balaban J connectivity index is 1.37. The van der Waals surface area contributed by atoms with Gasteiger partial charge in [-0.3, -0.25) is 4.98 Å². The van der Waals surface area contributed by atoms with Gasteiger partial charge in [0, 0.05) is 30.1 Å². The van der Waals surface area contributed by atoms with Gasteiger partial charge < -0.3 is 4.98 Å². The summed E-state index contributed by atoms with van der Waals surface area (Å²) in [7, 11) is 0. The monoisotopic (exact) mass is 387 g/mol. The van der Waals surface area contributed by atoms with E-state index in [1.54, 1.807) is 12.1 Å². The van der Waals surface area contributed by atoms with E-state index in [1.165, 1.54) is 38.2 Å². The van der Waals surface area contributed by atoms with E-state index in [9.17, 15) is 4.39 Å². The van der Waals surface area contributed by atoms with E-state index >= 15 is 0 Å². The Morgan fingerprint density at radius 3 is 2.76 bits per heavy atom. The van der Waals surface area contributed by atoms with Crippen LogP contribution in [0, 0.1) is 23.6 Å². The smallest absolute Gasteiger partial charge is 0.123 e. The number of hydrogen-bond donors (Lipinski definition) is 1. The highest BCUT2D eigenvalue weighted by Crippen LogP contribution is 2.52. The summed E-state index contributed by atoms with van der Waals surface area (Å²) >= 11 is 0. The first-order valence-electron chi connectivity index (χ1n) is 10.7. The van der Waals surface area contributed by atoms with E-state index in [0.29, 0.717) is 11.8 Å². The third kappa shape index (κ3) is 3.76. The van der Waals surface area contributed by atoms with Crippen LogP contribution >= 0.6 is 0 Å². The van der Waals surface area contributed by atoms with Crippen LogP contribution in [-0.2, 0) is 0 Å². The molecule has 0 radical (unpaired) electrons. The molecule has 1 N–H and O–H groups in total. The molecule has 148 valence electrons. The molecule has 2 aliphatic rings. The maximum Gasteiger partial charge on any atom is 0.123 e. The maximum atomic E-state index is 13.5. The topological polar surface area (TPSA) is 41.6 Å². The van der Waals surface area contributed by atoms with Gasteiger partial charge in [0.1, 0.15) is 11.6 Å². The molecule has 2 fully saturated rings. The van der Waals surface area contributed by atoms with Crippen molar-refractivity contribution < 1.29 is 4.39 Å². The Morgan fingerprint density at radius 2 is 1.97 bits per heavy atom. The number of imidazole rings is 1. The number of halogens is 1. The van der Waals surface area contributed by atoms with Crippen LogP contribution in [0.2, 0.25) is 0 Å². The van der Waals surface area contributed by atoms with Gasteiger partial charge in [-0.25, -0.2) is 9.37 Å². The van der Waals surface area contributed by atoms with Gasteiger partial charge in [-0.2, -0.15) is 0 Å². The number of nitrogens with zero attached hydrogens (tertiary/aromatic N) is 2. The van der Waals surface area contributed by atoms with Crippen molar-refractivity contribution >= 4 is 6.08 Å². The predicted molar refractivity (Wildman–Crippen MR) is 114 cm³/mol. The number of hydrogen-bond acceptors (Lipinski definition) is 2. The highest BCUT2D eigenvalue weighted by molar-refractivity contribution is 5.63. The third-order valence-electron chi connectivity index (χ3n) is 6.79. The molecule has 4 atom stereocenters. The first-order valence-corrected chi connectivity index (χ1v) is 10.7. The zero-order chi connectivity index (χ0) is 19.6. The fourth-order valence-corrected chi connectivity index (χ4v) is 5.42. The van der Waals surface area contributed by atoms with E-state index in [-0.39, 0.29) is 5.82 Å². The van der Waals surface area contributed by atoms with Crippen LogP contribution in [0.25, 0.3) is 17.2 Å². The zero-order valence-electron chi connectivity index (χ0n) is 16.5. The summed E-state index contributed by atoms with van der Waals surface area (Å²) in [5.74, 6) is 3.46. The Hall–Kier alpha value is -2.75. The van der Waals surface area contributed by atoms with Crippen LogP contribution < -0.4 is 0 Å². The number of allylic oxidation sites excluding steroid dienone is 1. The fraction of sp³-hybridized carbons (Fsp3) is 0.360. The number of fused-ring (bicyclic) bond motifs is 1. The Morgan fingerprint density at radius 1 is 1.03 bits per heavy atom. The molecule has 0 saturated heterocycles. The van der Waals surface area contributed by atoms with Gasteiger partial charge in [0.2, 0.25) is 0 Å². The Labute approximate surface area is 171 Å². The van der Waals surface area contributed by atoms with Gasteiger partial charge in [0.25, 0.3) is 0 Å². The van der Waals surface area contributed by atoms with E-state index < -0.39 is 0 Å². The standard InChI is InChI=1S/C25H26FN3/c26-20-6-3-5-17(14-20)19-8-9-21(29-16-19)10-11-23-22-7-2-1-4-18(22)15-24(23)25-27-12-13-28-25/h3,5-6,8-14,16,18,22-24H,1-2,4,7,15H2,(H,27,28)/t18-,22+,23+,24+/m1/s1. The third-order valence-corrected chi connectivity index (χ3v) is 6.79. The molecule has 0 spiro atoms. The summed E-state index contributed by atoms with van der Waals surface area (Å²) in [5.41, 5.74) is 2.73. The largest absolute Gasteiger partial charge is 0.348 e. The number of aromatic nitrogens is 3. The molecule has 2 saturated carbocycles. The van der Waals surface area contributed by atoms with Gasteiger partial charge >= 0.3 is 0 Å². The van der Waals surface area contributed by atoms with E-state index in [1.807, 2.05) is 36.8 Å². The minimum absolute atomic E-state index is 0.223. The van der Waals surface area contributed by atoms with Crippen LogP contribution in [0.5, 0.6) is 0 Å². The summed E-state index contributed by atoms with van der Waals surface area (Å²) in [6, 6.07) is 10.7. The van der Waals surface area contributed by atoms with Crippen molar-refractivity contribution in [2.75, 3.05) is 0 Å². The minimum atomic E-state index is -0.223. The lowest BCUT2D eigenvalue weighted by Gasteiger charge is -2.28. The number of aromatic amines is 1. The van der Waals surface area contributed by atoms with Crippen molar-refractivity contribution in [2.24, 2.45) is 17.8 Å². The summed E-state index contributed by atoms with van der Waals surface area (Å²) in [4.78, 5) is 12.5. The lowest BCUT2D eigenvalue weighted by Crippen LogP contribution is -2.19. The van der Waals surface area contributed by atoms with Crippen molar-refractivity contribution in [3.8, 4) is 11.1 Å². The number of rotatable bonds is 4. The Bertz CT molecular complexity index is 978. The van der Waals surface area contributed by atoms with Crippen molar-refractivity contribution in [2.45, 2.75) is 38.0 Å². The van der Waals surface area contributed by atoms with Crippen LogP contribution in [0.15, 0.2) is 61.1 Å². The van der Waals surface area contributed by atoms with Crippen molar-refractivity contribution in [3.63, 3.8) is 0 Å². The quantitative estimate of drug-likeness (QED) is 0.576. The minimum Gasteiger partial charge on any atom is -0.348 e. The molecule has 2 heterocycles. The van der Waals surface area contributed by atoms with E-state index in [4.69, 9.17) is 0 Å². The summed E-state index contributed by atoms with van der Waals surface area (Å²) in [6.45, 7) is 0. The summed E-state index contributed by atoms with van der Waals surface area (Å²) in [6.07, 6.45) is 16.8.